The number of rotatable bonds is 6. The Bertz CT molecular complexity index is 4280. The maximum absolute atomic E-state index is 6.52. The summed E-state index contributed by atoms with van der Waals surface area (Å²) in [6.07, 6.45) is 0. The van der Waals surface area contributed by atoms with Crippen molar-refractivity contribution in [1.82, 2.24) is 24.1 Å². The second kappa shape index (κ2) is 14.7. The maximum Gasteiger partial charge on any atom is 0.164 e. The van der Waals surface area contributed by atoms with Gasteiger partial charge in [-0.05, 0) is 94.7 Å². The van der Waals surface area contributed by atoms with E-state index in [1.807, 2.05) is 30.3 Å². The van der Waals surface area contributed by atoms with Gasteiger partial charge in [0.2, 0.25) is 0 Å². The van der Waals surface area contributed by atoms with Crippen LogP contribution in [-0.2, 0) is 0 Å². The molecular formula is C61H37N5O. The molecule has 0 radical (unpaired) electrons. The van der Waals surface area contributed by atoms with Gasteiger partial charge in [0.25, 0.3) is 0 Å². The zero-order chi connectivity index (χ0) is 44.0. The van der Waals surface area contributed by atoms with Crippen LogP contribution in [0.4, 0.5) is 0 Å². The quantitative estimate of drug-likeness (QED) is 0.167. The zero-order valence-electron chi connectivity index (χ0n) is 36.0. The van der Waals surface area contributed by atoms with E-state index in [0.29, 0.717) is 17.5 Å². The molecule has 0 aliphatic heterocycles. The molecule has 0 aliphatic carbocycles. The average Bonchev–Trinajstić information content (AvgIpc) is 4.05. The van der Waals surface area contributed by atoms with Gasteiger partial charge in [0.15, 0.2) is 17.5 Å². The molecule has 4 aromatic heterocycles. The fourth-order valence-corrected chi connectivity index (χ4v) is 10.3. The SMILES string of the molecule is c1ccc(-c2nc(-c3ccc4c5ccccc5n(-c5ccccc5)c4c3)nc(-c3ccc(-n4c5ccccc5c5cc6ccccc6cc54)cc3-c3cccc4oc5ccccc5c34)n2)cc1. The Labute approximate surface area is 384 Å². The van der Waals surface area contributed by atoms with Gasteiger partial charge in [0.05, 0.1) is 22.1 Å². The lowest BCUT2D eigenvalue weighted by Crippen LogP contribution is -2.02. The van der Waals surface area contributed by atoms with Crippen molar-refractivity contribution in [3.8, 4) is 56.7 Å². The Hall–Kier alpha value is -9.13. The lowest BCUT2D eigenvalue weighted by Gasteiger charge is -2.16. The van der Waals surface area contributed by atoms with Crippen molar-refractivity contribution in [2.45, 2.75) is 0 Å². The van der Waals surface area contributed by atoms with Gasteiger partial charge in [-0.15, -0.1) is 0 Å². The van der Waals surface area contributed by atoms with E-state index in [2.05, 4.69) is 203 Å². The molecule has 0 bridgehead atoms. The summed E-state index contributed by atoms with van der Waals surface area (Å²) < 4.78 is 11.3. The summed E-state index contributed by atoms with van der Waals surface area (Å²) in [6, 6.07) is 79.2. The van der Waals surface area contributed by atoms with Gasteiger partial charge in [-0.1, -0.05) is 152 Å². The second-order valence-electron chi connectivity index (χ2n) is 17.2. The molecule has 0 N–H and O–H groups in total. The summed E-state index contributed by atoms with van der Waals surface area (Å²) in [7, 11) is 0. The van der Waals surface area contributed by atoms with E-state index in [1.165, 1.54) is 26.9 Å². The Morgan fingerprint density at radius 2 is 0.881 bits per heavy atom. The number of hydrogen-bond donors (Lipinski definition) is 0. The molecule has 6 nitrogen and oxygen atoms in total. The van der Waals surface area contributed by atoms with Crippen LogP contribution < -0.4 is 0 Å². The minimum atomic E-state index is 0.576. The molecule has 14 aromatic rings. The van der Waals surface area contributed by atoms with Crippen LogP contribution in [0.3, 0.4) is 0 Å². The number of hydrogen-bond acceptors (Lipinski definition) is 4. The number of aromatic nitrogens is 5. The molecule has 0 atom stereocenters. The molecule has 67 heavy (non-hydrogen) atoms. The molecule has 312 valence electrons. The van der Waals surface area contributed by atoms with Crippen molar-refractivity contribution in [1.29, 1.82) is 0 Å². The van der Waals surface area contributed by atoms with Crippen molar-refractivity contribution >= 4 is 76.3 Å². The third kappa shape index (κ3) is 5.86. The number of furan rings is 1. The van der Waals surface area contributed by atoms with Crippen molar-refractivity contribution in [3.63, 3.8) is 0 Å². The molecule has 14 rings (SSSR count). The minimum absolute atomic E-state index is 0.576. The monoisotopic (exact) mass is 855 g/mol. The van der Waals surface area contributed by atoms with Crippen LogP contribution in [-0.4, -0.2) is 24.1 Å². The van der Waals surface area contributed by atoms with Crippen LogP contribution >= 0.6 is 0 Å². The molecule has 4 heterocycles. The van der Waals surface area contributed by atoms with Gasteiger partial charge >= 0.3 is 0 Å². The molecule has 0 saturated carbocycles. The second-order valence-corrected chi connectivity index (χ2v) is 17.2. The molecule has 10 aromatic carbocycles. The summed E-state index contributed by atoms with van der Waals surface area (Å²) in [5, 5.41) is 9.27. The average molecular weight is 856 g/mol. The van der Waals surface area contributed by atoms with Crippen LogP contribution in [0.1, 0.15) is 0 Å². The summed E-state index contributed by atoms with van der Waals surface area (Å²) in [5.74, 6) is 1.76. The highest BCUT2D eigenvalue weighted by atomic mass is 16.3. The lowest BCUT2D eigenvalue weighted by atomic mass is 9.94. The summed E-state index contributed by atoms with van der Waals surface area (Å²) >= 11 is 0. The van der Waals surface area contributed by atoms with Gasteiger partial charge in [-0.25, -0.2) is 15.0 Å². The Balaban J connectivity index is 1.05. The smallest absolute Gasteiger partial charge is 0.164 e. The molecule has 0 fully saturated rings. The van der Waals surface area contributed by atoms with E-state index in [4.69, 9.17) is 19.4 Å². The first-order chi connectivity index (χ1) is 33.2. The van der Waals surface area contributed by atoms with Crippen LogP contribution in [0, 0.1) is 0 Å². The van der Waals surface area contributed by atoms with Crippen LogP contribution in [0.25, 0.3) is 133 Å². The largest absolute Gasteiger partial charge is 0.456 e. The van der Waals surface area contributed by atoms with Crippen molar-refractivity contribution in [3.05, 3.63) is 224 Å². The number of benzene rings is 10. The predicted molar refractivity (Wildman–Crippen MR) is 275 cm³/mol. The molecular weight excluding hydrogens is 819 g/mol. The van der Waals surface area contributed by atoms with Crippen molar-refractivity contribution < 1.29 is 4.42 Å². The first-order valence-corrected chi connectivity index (χ1v) is 22.6. The van der Waals surface area contributed by atoms with Gasteiger partial charge in [0, 0.05) is 60.4 Å². The number of fused-ring (bicyclic) bond motifs is 10. The number of para-hydroxylation sites is 4. The molecule has 0 saturated heterocycles. The minimum Gasteiger partial charge on any atom is -0.456 e. The normalized spacial score (nSPS) is 11.9. The highest BCUT2D eigenvalue weighted by Crippen LogP contribution is 2.43. The lowest BCUT2D eigenvalue weighted by molar-refractivity contribution is 0.669. The van der Waals surface area contributed by atoms with E-state index >= 15 is 0 Å². The van der Waals surface area contributed by atoms with Crippen LogP contribution in [0.2, 0.25) is 0 Å². The summed E-state index contributed by atoms with van der Waals surface area (Å²) in [5.41, 5.74) is 13.0. The van der Waals surface area contributed by atoms with Crippen LogP contribution in [0.5, 0.6) is 0 Å². The first-order valence-electron chi connectivity index (χ1n) is 22.6. The van der Waals surface area contributed by atoms with Gasteiger partial charge in [0.1, 0.15) is 11.2 Å². The molecule has 0 unspecified atom stereocenters. The molecule has 0 aliphatic rings. The van der Waals surface area contributed by atoms with Gasteiger partial charge in [-0.3, -0.25) is 0 Å². The fourth-order valence-electron chi connectivity index (χ4n) is 10.3. The number of nitrogens with zero attached hydrogens (tertiary/aromatic N) is 5. The summed E-state index contributed by atoms with van der Waals surface area (Å²) in [6.45, 7) is 0. The molecule has 0 spiro atoms. The van der Waals surface area contributed by atoms with Crippen molar-refractivity contribution in [2.24, 2.45) is 0 Å². The topological polar surface area (TPSA) is 61.7 Å². The standard InChI is InChI=1S/C61H37N5O/c1-3-16-38(17-4-1)59-62-60(41-30-32-46-44-22-9-12-26-52(44)65(54(46)36-41)42-20-5-2-6-21-42)64-61(63-59)48-33-31-43(37-50(48)47-25-15-29-57-58(47)49-24-11-14-28-56(49)67-57)66-53-27-13-10-23-45(53)51-34-39-18-7-8-19-40(39)35-55(51)66/h1-37H. The predicted octanol–water partition coefficient (Wildman–Crippen LogP) is 15.8. The first kappa shape index (κ1) is 37.3. The molecule has 0 amide bonds. The Morgan fingerprint density at radius 3 is 1.67 bits per heavy atom. The van der Waals surface area contributed by atoms with E-state index in [1.54, 1.807) is 0 Å². The Morgan fingerprint density at radius 1 is 0.299 bits per heavy atom. The van der Waals surface area contributed by atoms with E-state index in [9.17, 15) is 0 Å². The van der Waals surface area contributed by atoms with Crippen molar-refractivity contribution in [2.75, 3.05) is 0 Å². The maximum atomic E-state index is 6.52. The molecule has 6 heteroatoms. The van der Waals surface area contributed by atoms with Gasteiger partial charge < -0.3 is 13.6 Å². The highest BCUT2D eigenvalue weighted by molar-refractivity contribution is 6.16. The van der Waals surface area contributed by atoms with E-state index < -0.39 is 0 Å². The van der Waals surface area contributed by atoms with E-state index in [0.717, 1.165) is 88.6 Å². The van der Waals surface area contributed by atoms with E-state index in [-0.39, 0.29) is 0 Å². The van der Waals surface area contributed by atoms with Crippen LogP contribution in [0.15, 0.2) is 229 Å². The Kier molecular flexibility index (Phi) is 8.18. The summed E-state index contributed by atoms with van der Waals surface area (Å²) in [4.78, 5) is 16.0. The highest BCUT2D eigenvalue weighted by Gasteiger charge is 2.23. The third-order valence-corrected chi connectivity index (χ3v) is 13.3. The third-order valence-electron chi connectivity index (χ3n) is 13.3. The van der Waals surface area contributed by atoms with Gasteiger partial charge in [-0.2, -0.15) is 0 Å². The fraction of sp³-hybridized carbons (Fsp3) is 0. The zero-order valence-corrected chi connectivity index (χ0v) is 36.0.